The van der Waals surface area contributed by atoms with Gasteiger partial charge >= 0.3 is 0 Å². The summed E-state index contributed by atoms with van der Waals surface area (Å²) in [7, 11) is -1.78. The van der Waals surface area contributed by atoms with Gasteiger partial charge in [0.05, 0.1) is 17.3 Å². The van der Waals surface area contributed by atoms with Gasteiger partial charge in [-0.05, 0) is 43.7 Å². The van der Waals surface area contributed by atoms with Gasteiger partial charge in [0, 0.05) is 20.0 Å². The fourth-order valence-corrected chi connectivity index (χ4v) is 3.73. The van der Waals surface area contributed by atoms with Gasteiger partial charge in [0.1, 0.15) is 5.75 Å². The molecule has 0 heterocycles. The third-order valence-corrected chi connectivity index (χ3v) is 5.78. The normalized spacial score (nSPS) is 11.2. The van der Waals surface area contributed by atoms with E-state index >= 15 is 0 Å². The molecule has 26 heavy (non-hydrogen) atoms. The van der Waals surface area contributed by atoms with Gasteiger partial charge in [-0.1, -0.05) is 29.8 Å². The number of carbonyl (C=O) groups is 1. The highest BCUT2D eigenvalue weighted by Gasteiger charge is 2.18. The molecule has 0 N–H and O–H groups in total. The van der Waals surface area contributed by atoms with Crippen molar-refractivity contribution in [3.8, 4) is 5.75 Å². The third-order valence-electron chi connectivity index (χ3n) is 4.04. The molecule has 2 aromatic rings. The average Bonchev–Trinajstić information content (AvgIpc) is 2.62. The van der Waals surface area contributed by atoms with Crippen molar-refractivity contribution in [2.24, 2.45) is 0 Å². The molecule has 0 radical (unpaired) electrons. The number of hydrogen-bond acceptors (Lipinski definition) is 4. The van der Waals surface area contributed by atoms with Gasteiger partial charge in [-0.25, -0.2) is 8.42 Å². The first kappa shape index (κ1) is 20.0. The number of carbonyl (C=O) groups excluding carboxylic acids is 1. The Morgan fingerprint density at radius 2 is 1.65 bits per heavy atom. The number of aryl methyl sites for hydroxylation is 1. The molecular formula is C20H25NO4S. The highest BCUT2D eigenvalue weighted by Crippen LogP contribution is 2.15. The molecule has 0 aromatic heterocycles. The molecular weight excluding hydrogens is 350 g/mol. The molecule has 0 bridgehead atoms. The van der Waals surface area contributed by atoms with Gasteiger partial charge in [-0.3, -0.25) is 4.79 Å². The van der Waals surface area contributed by atoms with Gasteiger partial charge in [-0.15, -0.1) is 0 Å². The minimum absolute atomic E-state index is 0.0380. The molecule has 0 fully saturated rings. The lowest BCUT2D eigenvalue weighted by Gasteiger charge is -2.17. The fraction of sp³-hybridized carbons (Fsp3) is 0.350. The van der Waals surface area contributed by atoms with Crippen molar-refractivity contribution in [2.75, 3.05) is 19.4 Å². The van der Waals surface area contributed by atoms with Crippen molar-refractivity contribution in [2.45, 2.75) is 31.7 Å². The number of ether oxygens (including phenoxy) is 1. The first-order chi connectivity index (χ1) is 12.3. The first-order valence-corrected chi connectivity index (χ1v) is 10.2. The topological polar surface area (TPSA) is 63.7 Å². The van der Waals surface area contributed by atoms with Gasteiger partial charge < -0.3 is 9.64 Å². The van der Waals surface area contributed by atoms with Crippen molar-refractivity contribution in [1.82, 2.24) is 4.90 Å². The number of amides is 1. The third kappa shape index (κ3) is 5.59. The summed E-state index contributed by atoms with van der Waals surface area (Å²) in [5, 5.41) is 0. The standard InChI is InChI=1S/C20H25NO4S/c1-4-25-18-9-7-17(8-10-18)15-21(3)20(22)13-14-26(23,24)19-11-5-16(2)6-12-19/h5-12H,4,13-15H2,1-3H3. The van der Waals surface area contributed by atoms with Crippen LogP contribution in [0.5, 0.6) is 5.75 Å². The second kappa shape index (κ2) is 8.85. The van der Waals surface area contributed by atoms with Crippen LogP contribution in [0.4, 0.5) is 0 Å². The van der Waals surface area contributed by atoms with E-state index in [-0.39, 0.29) is 23.0 Å². The quantitative estimate of drug-likeness (QED) is 0.711. The molecule has 0 saturated heterocycles. The number of nitrogens with zero attached hydrogens (tertiary/aromatic N) is 1. The van der Waals surface area contributed by atoms with Crippen LogP contribution in [-0.4, -0.2) is 38.6 Å². The predicted molar refractivity (Wildman–Crippen MR) is 102 cm³/mol. The maximum absolute atomic E-state index is 12.3. The lowest BCUT2D eigenvalue weighted by atomic mass is 10.2. The van der Waals surface area contributed by atoms with Gasteiger partial charge in [0.25, 0.3) is 0 Å². The van der Waals surface area contributed by atoms with Crippen LogP contribution >= 0.6 is 0 Å². The molecule has 5 nitrogen and oxygen atoms in total. The summed E-state index contributed by atoms with van der Waals surface area (Å²) in [5.74, 6) is 0.395. The Hall–Kier alpha value is -2.34. The Kier molecular flexibility index (Phi) is 6.80. The molecule has 0 aliphatic heterocycles. The Balaban J connectivity index is 1.91. The molecule has 0 unspecified atom stereocenters. The summed E-state index contributed by atoms with van der Waals surface area (Å²) in [6, 6.07) is 14.2. The monoisotopic (exact) mass is 375 g/mol. The maximum atomic E-state index is 12.3. The van der Waals surface area contributed by atoms with E-state index in [4.69, 9.17) is 4.74 Å². The van der Waals surface area contributed by atoms with E-state index in [1.807, 2.05) is 38.1 Å². The highest BCUT2D eigenvalue weighted by atomic mass is 32.2. The largest absolute Gasteiger partial charge is 0.494 e. The van der Waals surface area contributed by atoms with Crippen molar-refractivity contribution in [1.29, 1.82) is 0 Å². The van der Waals surface area contributed by atoms with E-state index in [0.717, 1.165) is 16.9 Å². The van der Waals surface area contributed by atoms with Crippen LogP contribution in [0.25, 0.3) is 0 Å². The second-order valence-corrected chi connectivity index (χ2v) is 8.32. The summed E-state index contributed by atoms with van der Waals surface area (Å²) in [6.07, 6.45) is -0.0380. The van der Waals surface area contributed by atoms with Crippen molar-refractivity contribution < 1.29 is 17.9 Å². The zero-order chi connectivity index (χ0) is 19.2. The Morgan fingerprint density at radius 3 is 2.23 bits per heavy atom. The van der Waals surface area contributed by atoms with Crippen molar-refractivity contribution in [3.05, 3.63) is 59.7 Å². The minimum atomic E-state index is -3.45. The summed E-state index contributed by atoms with van der Waals surface area (Å²) in [6.45, 7) is 4.85. The van der Waals surface area contributed by atoms with Crippen LogP contribution in [0, 0.1) is 6.92 Å². The number of rotatable bonds is 8. The summed E-state index contributed by atoms with van der Waals surface area (Å²) in [5.41, 5.74) is 1.96. The van der Waals surface area contributed by atoms with Crippen molar-refractivity contribution >= 4 is 15.7 Å². The Morgan fingerprint density at radius 1 is 1.04 bits per heavy atom. The van der Waals surface area contributed by atoms with E-state index in [0.29, 0.717) is 13.2 Å². The SMILES string of the molecule is CCOc1ccc(CN(C)C(=O)CCS(=O)(=O)c2ccc(C)cc2)cc1. The average molecular weight is 375 g/mol. The number of sulfone groups is 1. The van der Waals surface area contributed by atoms with Crippen LogP contribution in [0.15, 0.2) is 53.4 Å². The molecule has 140 valence electrons. The van der Waals surface area contributed by atoms with Gasteiger partial charge in [-0.2, -0.15) is 0 Å². The van der Waals surface area contributed by atoms with Crippen LogP contribution in [-0.2, 0) is 21.2 Å². The highest BCUT2D eigenvalue weighted by molar-refractivity contribution is 7.91. The first-order valence-electron chi connectivity index (χ1n) is 8.57. The molecule has 2 aromatic carbocycles. The molecule has 0 aliphatic rings. The van der Waals surface area contributed by atoms with Gasteiger partial charge in [0.15, 0.2) is 9.84 Å². The zero-order valence-corrected chi connectivity index (χ0v) is 16.3. The van der Waals surface area contributed by atoms with E-state index < -0.39 is 9.84 Å². The number of hydrogen-bond donors (Lipinski definition) is 0. The van der Waals surface area contributed by atoms with Gasteiger partial charge in [0.2, 0.25) is 5.91 Å². The summed E-state index contributed by atoms with van der Waals surface area (Å²) < 4.78 is 30.1. The van der Waals surface area contributed by atoms with E-state index in [1.165, 1.54) is 0 Å². The zero-order valence-electron chi connectivity index (χ0n) is 15.4. The molecule has 0 aliphatic carbocycles. The minimum Gasteiger partial charge on any atom is -0.494 e. The molecule has 2 rings (SSSR count). The van der Waals surface area contributed by atoms with E-state index in [2.05, 4.69) is 0 Å². The molecule has 0 spiro atoms. The Bertz CT molecular complexity index is 827. The fourth-order valence-electron chi connectivity index (χ4n) is 2.50. The molecule has 0 atom stereocenters. The maximum Gasteiger partial charge on any atom is 0.223 e. The lowest BCUT2D eigenvalue weighted by Crippen LogP contribution is -2.28. The molecule has 0 saturated carbocycles. The lowest BCUT2D eigenvalue weighted by molar-refractivity contribution is -0.130. The van der Waals surface area contributed by atoms with Crippen LogP contribution in [0.1, 0.15) is 24.5 Å². The number of benzene rings is 2. The van der Waals surface area contributed by atoms with Crippen molar-refractivity contribution in [3.63, 3.8) is 0 Å². The van der Waals surface area contributed by atoms with Crippen LogP contribution < -0.4 is 4.74 Å². The predicted octanol–water partition coefficient (Wildman–Crippen LogP) is 3.22. The summed E-state index contributed by atoms with van der Waals surface area (Å²) in [4.78, 5) is 14.1. The second-order valence-electron chi connectivity index (χ2n) is 6.21. The van der Waals surface area contributed by atoms with Crippen LogP contribution in [0.2, 0.25) is 0 Å². The molecule has 1 amide bonds. The van der Waals surface area contributed by atoms with Crippen LogP contribution in [0.3, 0.4) is 0 Å². The van der Waals surface area contributed by atoms with E-state index in [9.17, 15) is 13.2 Å². The summed E-state index contributed by atoms with van der Waals surface area (Å²) >= 11 is 0. The van der Waals surface area contributed by atoms with E-state index in [1.54, 1.807) is 36.2 Å². The smallest absolute Gasteiger partial charge is 0.223 e. The molecule has 6 heteroatoms. The Labute approximate surface area is 155 Å².